The summed E-state index contributed by atoms with van der Waals surface area (Å²) in [4.78, 5) is 20.4. The Bertz CT molecular complexity index is 1950. The molecule has 1 atom stereocenters. The molecule has 4 aromatic rings. The third-order valence-corrected chi connectivity index (χ3v) is 11.9. The van der Waals surface area contributed by atoms with Crippen LogP contribution in [0, 0.1) is 11.2 Å². The Morgan fingerprint density at radius 1 is 1.07 bits per heavy atom. The van der Waals surface area contributed by atoms with Crippen molar-refractivity contribution in [2.75, 3.05) is 18.1 Å². The Hall–Kier alpha value is -3.85. The Morgan fingerprint density at radius 2 is 1.88 bits per heavy atom. The van der Waals surface area contributed by atoms with Crippen LogP contribution in [0.1, 0.15) is 83.9 Å². The molecule has 2 aliphatic carbocycles. The Kier molecular flexibility index (Phi) is 5.96. The number of hydrogen-bond donors (Lipinski definition) is 0. The summed E-state index contributed by atoms with van der Waals surface area (Å²) in [6, 6.07) is 17.0. The molecule has 2 aliphatic heterocycles. The molecule has 1 amide bonds. The first-order chi connectivity index (χ1) is 20.7. The normalized spacial score (nSPS) is 23.1. The van der Waals surface area contributed by atoms with Gasteiger partial charge in [0.05, 0.1) is 23.2 Å². The minimum absolute atomic E-state index is 0.0422. The summed E-state index contributed by atoms with van der Waals surface area (Å²) >= 11 is 0. The van der Waals surface area contributed by atoms with Crippen LogP contribution in [0.15, 0.2) is 60.2 Å². The first-order valence-corrected chi connectivity index (χ1v) is 17.0. The van der Waals surface area contributed by atoms with Crippen molar-refractivity contribution in [3.05, 3.63) is 94.1 Å². The molecular formula is C34H33FN4O3S. The van der Waals surface area contributed by atoms with E-state index in [9.17, 15) is 13.2 Å². The van der Waals surface area contributed by atoms with Gasteiger partial charge in [-0.3, -0.25) is 4.79 Å². The number of carbonyl (C=O) groups is 1. The fourth-order valence-electron chi connectivity index (χ4n) is 7.51. The van der Waals surface area contributed by atoms with Crippen molar-refractivity contribution in [1.29, 1.82) is 0 Å². The van der Waals surface area contributed by atoms with Gasteiger partial charge in [-0.25, -0.2) is 22.3 Å². The van der Waals surface area contributed by atoms with Crippen LogP contribution in [0.3, 0.4) is 0 Å². The van der Waals surface area contributed by atoms with Gasteiger partial charge in [0.15, 0.2) is 15.5 Å². The molecule has 1 spiro atoms. The molecule has 3 fully saturated rings. The molecule has 43 heavy (non-hydrogen) atoms. The molecule has 2 saturated carbocycles. The SMILES string of the molecule is C[C@@H]1c2ccccc2CCN1C(=O)c1cc(C2CC2)n2nc(-c3ccc(/C=C4\CCC5(C4)CS(=O)(=O)C5)cc3F)cc2n1. The predicted octanol–water partition coefficient (Wildman–Crippen LogP) is 6.15. The third kappa shape index (κ3) is 4.69. The molecule has 0 N–H and O–H groups in total. The van der Waals surface area contributed by atoms with Gasteiger partial charge in [0.2, 0.25) is 0 Å². The van der Waals surface area contributed by atoms with E-state index < -0.39 is 9.84 Å². The lowest BCUT2D eigenvalue weighted by atomic mass is 9.89. The number of sulfone groups is 1. The number of halogens is 1. The van der Waals surface area contributed by atoms with E-state index in [1.807, 2.05) is 35.2 Å². The van der Waals surface area contributed by atoms with Crippen molar-refractivity contribution < 1.29 is 17.6 Å². The maximum Gasteiger partial charge on any atom is 0.273 e. The lowest BCUT2D eigenvalue weighted by Crippen LogP contribution is -2.46. The van der Waals surface area contributed by atoms with Gasteiger partial charge < -0.3 is 4.90 Å². The number of benzene rings is 2. The molecule has 0 unspecified atom stereocenters. The zero-order valence-corrected chi connectivity index (χ0v) is 24.9. The summed E-state index contributed by atoms with van der Waals surface area (Å²) < 4.78 is 40.8. The van der Waals surface area contributed by atoms with Crippen LogP contribution < -0.4 is 0 Å². The number of nitrogens with zero attached hydrogens (tertiary/aromatic N) is 4. The zero-order chi connectivity index (χ0) is 29.5. The summed E-state index contributed by atoms with van der Waals surface area (Å²) in [6.07, 6.45) is 7.37. The van der Waals surface area contributed by atoms with E-state index in [1.165, 1.54) is 22.8 Å². The minimum Gasteiger partial charge on any atom is -0.330 e. The van der Waals surface area contributed by atoms with Crippen LogP contribution in [0.5, 0.6) is 0 Å². The Morgan fingerprint density at radius 3 is 2.65 bits per heavy atom. The highest BCUT2D eigenvalue weighted by Gasteiger charge is 2.50. The quantitative estimate of drug-likeness (QED) is 0.282. The Labute approximate surface area is 250 Å². The molecule has 7 nitrogen and oxygen atoms in total. The molecule has 1 saturated heterocycles. The van der Waals surface area contributed by atoms with E-state index in [-0.39, 0.29) is 34.7 Å². The van der Waals surface area contributed by atoms with E-state index in [4.69, 9.17) is 10.1 Å². The van der Waals surface area contributed by atoms with Crippen molar-refractivity contribution >= 4 is 27.5 Å². The highest BCUT2D eigenvalue weighted by Crippen LogP contribution is 2.50. The average molecular weight is 597 g/mol. The van der Waals surface area contributed by atoms with Crippen LogP contribution in [0.4, 0.5) is 4.39 Å². The van der Waals surface area contributed by atoms with Gasteiger partial charge in [0.1, 0.15) is 11.5 Å². The molecule has 0 radical (unpaired) electrons. The lowest BCUT2D eigenvalue weighted by Gasteiger charge is -2.37. The van der Waals surface area contributed by atoms with Gasteiger partial charge in [0, 0.05) is 35.2 Å². The number of carbonyl (C=O) groups excluding carboxylic acids is 1. The van der Waals surface area contributed by atoms with Crippen LogP contribution in [0.2, 0.25) is 0 Å². The molecule has 4 heterocycles. The molecule has 220 valence electrons. The molecule has 9 heteroatoms. The minimum atomic E-state index is -2.88. The molecule has 4 aliphatic rings. The summed E-state index contributed by atoms with van der Waals surface area (Å²) in [5, 5.41) is 4.76. The highest BCUT2D eigenvalue weighted by molar-refractivity contribution is 7.92. The van der Waals surface area contributed by atoms with E-state index in [0.29, 0.717) is 35.1 Å². The van der Waals surface area contributed by atoms with Gasteiger partial charge in [-0.15, -0.1) is 0 Å². The van der Waals surface area contributed by atoms with Gasteiger partial charge in [-0.1, -0.05) is 42.0 Å². The Balaban J connectivity index is 1.08. The largest absolute Gasteiger partial charge is 0.330 e. The third-order valence-electron chi connectivity index (χ3n) is 9.80. The van der Waals surface area contributed by atoms with Gasteiger partial charge in [-0.05, 0) is 80.3 Å². The van der Waals surface area contributed by atoms with E-state index in [2.05, 4.69) is 19.1 Å². The van der Waals surface area contributed by atoms with E-state index >= 15 is 4.39 Å². The second-order valence-electron chi connectivity index (χ2n) is 13.0. The molecule has 2 aromatic heterocycles. The first-order valence-electron chi connectivity index (χ1n) is 15.2. The number of hydrogen-bond acceptors (Lipinski definition) is 5. The fraction of sp³-hybridized carbons (Fsp3) is 0.382. The fourth-order valence-corrected chi connectivity index (χ4v) is 9.79. The van der Waals surface area contributed by atoms with Crippen molar-refractivity contribution in [3.63, 3.8) is 0 Å². The smallest absolute Gasteiger partial charge is 0.273 e. The molecule has 8 rings (SSSR count). The van der Waals surface area contributed by atoms with Crippen LogP contribution in [-0.4, -0.2) is 51.9 Å². The molecule has 2 aromatic carbocycles. The summed E-state index contributed by atoms with van der Waals surface area (Å²) in [6.45, 7) is 2.71. The maximum absolute atomic E-state index is 15.5. The first kappa shape index (κ1) is 26.8. The standard InChI is InChI=1S/C34H33FN4O3S/c1-21-26-5-3-2-4-24(26)11-13-38(21)33(40)30-16-31(25-7-8-25)39-32(36-30)17-29(37-39)27-9-6-22(15-28(27)35)14-23-10-12-34(18-23)19-43(41,42)20-34/h2-6,9,14-17,21,25H,7-8,10-13,18-20H2,1H3/b23-14+/t21-/m1/s1. The number of aromatic nitrogens is 3. The maximum atomic E-state index is 15.5. The second kappa shape index (κ2) is 9.58. The van der Waals surface area contributed by atoms with Crippen molar-refractivity contribution in [3.8, 4) is 11.3 Å². The van der Waals surface area contributed by atoms with Gasteiger partial charge in [0.25, 0.3) is 5.91 Å². The number of fused-ring (bicyclic) bond motifs is 2. The van der Waals surface area contributed by atoms with Crippen molar-refractivity contribution in [1.82, 2.24) is 19.5 Å². The topological polar surface area (TPSA) is 84.6 Å². The number of amides is 1. The van der Waals surface area contributed by atoms with Gasteiger partial charge in [-0.2, -0.15) is 5.10 Å². The van der Waals surface area contributed by atoms with Crippen molar-refractivity contribution in [2.45, 2.75) is 57.4 Å². The van der Waals surface area contributed by atoms with Gasteiger partial charge >= 0.3 is 0 Å². The zero-order valence-electron chi connectivity index (χ0n) is 24.1. The predicted molar refractivity (Wildman–Crippen MR) is 163 cm³/mol. The van der Waals surface area contributed by atoms with E-state index in [1.54, 1.807) is 16.6 Å². The summed E-state index contributed by atoms with van der Waals surface area (Å²) in [7, 11) is -2.88. The molecule has 0 bridgehead atoms. The second-order valence-corrected chi connectivity index (χ2v) is 15.1. The van der Waals surface area contributed by atoms with Crippen LogP contribution in [0.25, 0.3) is 23.0 Å². The summed E-state index contributed by atoms with van der Waals surface area (Å²) in [5.74, 6) is 0.387. The molecular weight excluding hydrogens is 563 g/mol. The van der Waals surface area contributed by atoms with Crippen LogP contribution in [-0.2, 0) is 16.3 Å². The lowest BCUT2D eigenvalue weighted by molar-refractivity contribution is 0.0671. The summed E-state index contributed by atoms with van der Waals surface area (Å²) in [5.41, 5.74) is 7.06. The van der Waals surface area contributed by atoms with E-state index in [0.717, 1.165) is 49.8 Å². The average Bonchev–Trinajstić information content (AvgIpc) is 3.61. The number of allylic oxidation sites excluding steroid dienone is 1. The van der Waals surface area contributed by atoms with Crippen LogP contribution >= 0.6 is 0 Å². The van der Waals surface area contributed by atoms with Crippen molar-refractivity contribution in [2.24, 2.45) is 5.41 Å². The highest BCUT2D eigenvalue weighted by atomic mass is 32.2. The number of rotatable bonds is 4. The monoisotopic (exact) mass is 596 g/mol.